The summed E-state index contributed by atoms with van der Waals surface area (Å²) in [6, 6.07) is 12.0. The standard InChI is InChI=1S/C20H20N4O2/c1-14-6-5-7-17(15(14)2)25-11-9-19-22-23-20(26-19)12-16-13-24-10-4-3-8-18(24)21-16/h3-8,10,13H,9,11-12H2,1-2H3. The lowest BCUT2D eigenvalue weighted by Gasteiger charge is -2.09. The van der Waals surface area contributed by atoms with Crippen LogP contribution < -0.4 is 4.74 Å². The number of hydrogen-bond acceptors (Lipinski definition) is 5. The minimum Gasteiger partial charge on any atom is -0.493 e. The van der Waals surface area contributed by atoms with Crippen LogP contribution in [0.1, 0.15) is 28.6 Å². The third-order valence-corrected chi connectivity index (χ3v) is 4.38. The first-order valence-electron chi connectivity index (χ1n) is 8.62. The molecule has 0 saturated carbocycles. The van der Waals surface area contributed by atoms with Crippen molar-refractivity contribution in [3.63, 3.8) is 0 Å². The second-order valence-corrected chi connectivity index (χ2v) is 6.26. The molecule has 0 radical (unpaired) electrons. The molecule has 6 nitrogen and oxygen atoms in total. The van der Waals surface area contributed by atoms with E-state index in [2.05, 4.69) is 35.1 Å². The molecule has 1 aromatic carbocycles. The fraction of sp³-hybridized carbons (Fsp3) is 0.250. The lowest BCUT2D eigenvalue weighted by Crippen LogP contribution is -2.03. The molecule has 0 unspecified atom stereocenters. The third kappa shape index (κ3) is 3.44. The van der Waals surface area contributed by atoms with Gasteiger partial charge in [0.05, 0.1) is 25.1 Å². The maximum atomic E-state index is 5.85. The van der Waals surface area contributed by atoms with Gasteiger partial charge in [0.2, 0.25) is 11.8 Å². The summed E-state index contributed by atoms with van der Waals surface area (Å²) in [5.41, 5.74) is 4.18. The van der Waals surface area contributed by atoms with Crippen LogP contribution in [0.15, 0.2) is 53.2 Å². The Morgan fingerprint density at radius 1 is 1.04 bits per heavy atom. The highest BCUT2D eigenvalue weighted by Crippen LogP contribution is 2.20. The zero-order chi connectivity index (χ0) is 17.9. The van der Waals surface area contributed by atoms with Crippen LogP contribution in [0.4, 0.5) is 0 Å². The van der Waals surface area contributed by atoms with Crippen molar-refractivity contribution in [3.05, 3.63) is 77.4 Å². The van der Waals surface area contributed by atoms with Gasteiger partial charge in [-0.1, -0.05) is 18.2 Å². The van der Waals surface area contributed by atoms with E-state index in [4.69, 9.17) is 9.15 Å². The molecule has 0 N–H and O–H groups in total. The van der Waals surface area contributed by atoms with E-state index in [-0.39, 0.29) is 0 Å². The van der Waals surface area contributed by atoms with Gasteiger partial charge in [0, 0.05) is 12.4 Å². The van der Waals surface area contributed by atoms with Crippen molar-refractivity contribution in [3.8, 4) is 5.75 Å². The van der Waals surface area contributed by atoms with Crippen LogP contribution >= 0.6 is 0 Å². The van der Waals surface area contributed by atoms with Crippen molar-refractivity contribution in [2.24, 2.45) is 0 Å². The van der Waals surface area contributed by atoms with Gasteiger partial charge in [0.1, 0.15) is 11.4 Å². The Morgan fingerprint density at radius 3 is 2.81 bits per heavy atom. The zero-order valence-corrected chi connectivity index (χ0v) is 14.8. The summed E-state index contributed by atoms with van der Waals surface area (Å²) >= 11 is 0. The average Bonchev–Trinajstić information content (AvgIpc) is 3.25. The molecule has 3 aromatic heterocycles. The summed E-state index contributed by atoms with van der Waals surface area (Å²) in [5, 5.41) is 8.22. The van der Waals surface area contributed by atoms with E-state index in [1.165, 1.54) is 5.56 Å². The molecule has 0 aliphatic heterocycles. The number of pyridine rings is 1. The first-order valence-corrected chi connectivity index (χ1v) is 8.62. The largest absolute Gasteiger partial charge is 0.493 e. The van der Waals surface area contributed by atoms with Crippen molar-refractivity contribution in [2.45, 2.75) is 26.7 Å². The SMILES string of the molecule is Cc1cccc(OCCc2nnc(Cc3cn4ccccc4n3)o2)c1C. The highest BCUT2D eigenvalue weighted by atomic mass is 16.5. The molecule has 4 rings (SSSR count). The maximum absolute atomic E-state index is 5.85. The maximum Gasteiger partial charge on any atom is 0.222 e. The lowest BCUT2D eigenvalue weighted by atomic mass is 10.1. The molecule has 0 spiro atoms. The number of aromatic nitrogens is 4. The van der Waals surface area contributed by atoms with E-state index in [1.807, 2.05) is 47.1 Å². The molecule has 4 aromatic rings. The molecule has 0 atom stereocenters. The zero-order valence-electron chi connectivity index (χ0n) is 14.8. The fourth-order valence-corrected chi connectivity index (χ4v) is 2.82. The van der Waals surface area contributed by atoms with E-state index >= 15 is 0 Å². The predicted molar refractivity (Wildman–Crippen MR) is 97.4 cm³/mol. The van der Waals surface area contributed by atoms with Crippen molar-refractivity contribution in [1.82, 2.24) is 19.6 Å². The van der Waals surface area contributed by atoms with Gasteiger partial charge in [-0.15, -0.1) is 10.2 Å². The second kappa shape index (κ2) is 7.00. The molecule has 26 heavy (non-hydrogen) atoms. The van der Waals surface area contributed by atoms with Crippen molar-refractivity contribution in [1.29, 1.82) is 0 Å². The second-order valence-electron chi connectivity index (χ2n) is 6.26. The number of benzene rings is 1. The van der Waals surface area contributed by atoms with E-state index in [1.54, 1.807) is 0 Å². The number of imidazole rings is 1. The van der Waals surface area contributed by atoms with Crippen LogP contribution in [0.25, 0.3) is 5.65 Å². The van der Waals surface area contributed by atoms with Crippen LogP contribution in [0, 0.1) is 13.8 Å². The summed E-state index contributed by atoms with van der Waals surface area (Å²) in [7, 11) is 0. The van der Waals surface area contributed by atoms with E-state index in [0.717, 1.165) is 22.7 Å². The molecule has 0 saturated heterocycles. The van der Waals surface area contributed by atoms with Gasteiger partial charge in [-0.2, -0.15) is 0 Å². The molecule has 0 aliphatic carbocycles. The molecule has 6 heteroatoms. The first-order chi connectivity index (χ1) is 12.7. The van der Waals surface area contributed by atoms with Crippen molar-refractivity contribution < 1.29 is 9.15 Å². The number of ether oxygens (including phenoxy) is 1. The first kappa shape index (κ1) is 16.3. The number of nitrogens with zero attached hydrogens (tertiary/aromatic N) is 4. The normalized spacial score (nSPS) is 11.2. The van der Waals surface area contributed by atoms with Crippen LogP contribution in [0.3, 0.4) is 0 Å². The van der Waals surface area contributed by atoms with Gasteiger partial charge in [-0.05, 0) is 43.2 Å². The molecule has 132 valence electrons. The summed E-state index contributed by atoms with van der Waals surface area (Å²) in [6.45, 7) is 4.64. The smallest absolute Gasteiger partial charge is 0.222 e. The number of hydrogen-bond donors (Lipinski definition) is 0. The van der Waals surface area contributed by atoms with Crippen LogP contribution in [-0.2, 0) is 12.8 Å². The van der Waals surface area contributed by atoms with E-state index in [0.29, 0.717) is 31.2 Å². The Bertz CT molecular complexity index is 1000. The molecule has 3 heterocycles. The number of aryl methyl sites for hydroxylation is 1. The summed E-state index contributed by atoms with van der Waals surface area (Å²) in [4.78, 5) is 4.55. The number of rotatable bonds is 6. The molecule has 0 amide bonds. The number of fused-ring (bicyclic) bond motifs is 1. The van der Waals surface area contributed by atoms with E-state index < -0.39 is 0 Å². The van der Waals surface area contributed by atoms with Crippen molar-refractivity contribution in [2.75, 3.05) is 6.61 Å². The third-order valence-electron chi connectivity index (χ3n) is 4.38. The topological polar surface area (TPSA) is 65.5 Å². The average molecular weight is 348 g/mol. The Balaban J connectivity index is 1.36. The summed E-state index contributed by atoms with van der Waals surface area (Å²) in [6.07, 6.45) is 5.04. The van der Waals surface area contributed by atoms with Crippen molar-refractivity contribution >= 4 is 5.65 Å². The lowest BCUT2D eigenvalue weighted by molar-refractivity contribution is 0.302. The van der Waals surface area contributed by atoms with Gasteiger partial charge in [-0.3, -0.25) is 0 Å². The van der Waals surface area contributed by atoms with Gasteiger partial charge in [0.25, 0.3) is 0 Å². The van der Waals surface area contributed by atoms with Crippen LogP contribution in [0.2, 0.25) is 0 Å². The summed E-state index contributed by atoms with van der Waals surface area (Å²) < 4.78 is 13.5. The van der Waals surface area contributed by atoms with Crippen LogP contribution in [0.5, 0.6) is 5.75 Å². The van der Waals surface area contributed by atoms with Gasteiger partial charge in [0.15, 0.2) is 0 Å². The molecule has 0 bridgehead atoms. The molecular weight excluding hydrogens is 328 g/mol. The predicted octanol–water partition coefficient (Wildman–Crippen LogP) is 3.55. The minimum atomic E-state index is 0.500. The Labute approximate surface area is 151 Å². The quantitative estimate of drug-likeness (QED) is 0.533. The Kier molecular flexibility index (Phi) is 4.39. The fourth-order valence-electron chi connectivity index (χ4n) is 2.82. The monoisotopic (exact) mass is 348 g/mol. The highest BCUT2D eigenvalue weighted by molar-refractivity contribution is 5.40. The van der Waals surface area contributed by atoms with Gasteiger partial charge in [-0.25, -0.2) is 4.98 Å². The Hall–Kier alpha value is -3.15. The highest BCUT2D eigenvalue weighted by Gasteiger charge is 2.10. The van der Waals surface area contributed by atoms with Crippen LogP contribution in [-0.4, -0.2) is 26.2 Å². The van der Waals surface area contributed by atoms with Gasteiger partial charge >= 0.3 is 0 Å². The summed E-state index contributed by atoms with van der Waals surface area (Å²) in [5.74, 6) is 2.04. The minimum absolute atomic E-state index is 0.500. The Morgan fingerprint density at radius 2 is 1.92 bits per heavy atom. The molecule has 0 fully saturated rings. The van der Waals surface area contributed by atoms with E-state index in [9.17, 15) is 0 Å². The molecule has 0 aliphatic rings. The molecular formula is C20H20N4O2. The van der Waals surface area contributed by atoms with Gasteiger partial charge < -0.3 is 13.6 Å².